The van der Waals surface area contributed by atoms with Crippen LogP contribution in [-0.2, 0) is 6.54 Å². The molecule has 106 valence electrons. The van der Waals surface area contributed by atoms with E-state index in [2.05, 4.69) is 15.5 Å². The molecule has 1 aromatic carbocycles. The van der Waals surface area contributed by atoms with Crippen molar-refractivity contribution in [2.24, 2.45) is 0 Å². The normalized spacial score (nSPS) is 10.8. The number of carbonyl (C=O) groups is 1. The Kier molecular flexibility index (Phi) is 4.29. The summed E-state index contributed by atoms with van der Waals surface area (Å²) in [5.74, 6) is -0.422. The van der Waals surface area contributed by atoms with Crippen LogP contribution < -0.4 is 5.32 Å². The van der Waals surface area contributed by atoms with Crippen LogP contribution in [0.25, 0.3) is 0 Å². The molecular formula is C13H15FN4OS. The molecule has 0 saturated carbocycles. The zero-order valence-corrected chi connectivity index (χ0v) is 12.0. The van der Waals surface area contributed by atoms with Gasteiger partial charge >= 0.3 is 0 Å². The molecule has 5 nitrogen and oxygen atoms in total. The summed E-state index contributed by atoms with van der Waals surface area (Å²) >= 11 is 5.12. The summed E-state index contributed by atoms with van der Waals surface area (Å²) in [6.45, 7) is 4.11. The Balaban J connectivity index is 2.12. The van der Waals surface area contributed by atoms with Gasteiger partial charge in [-0.2, -0.15) is 5.10 Å². The van der Waals surface area contributed by atoms with Crippen LogP contribution in [0.15, 0.2) is 24.3 Å². The summed E-state index contributed by atoms with van der Waals surface area (Å²) in [6, 6.07) is 5.96. The Morgan fingerprint density at radius 1 is 1.50 bits per heavy atom. The van der Waals surface area contributed by atoms with Crippen molar-refractivity contribution in [3.63, 3.8) is 0 Å². The molecule has 1 heterocycles. The fourth-order valence-corrected chi connectivity index (χ4v) is 2.26. The van der Waals surface area contributed by atoms with E-state index < -0.39 is 11.7 Å². The van der Waals surface area contributed by atoms with Gasteiger partial charge in [-0.25, -0.2) is 4.39 Å². The Morgan fingerprint density at radius 2 is 2.20 bits per heavy atom. The third-order valence-corrected chi connectivity index (χ3v) is 3.11. The van der Waals surface area contributed by atoms with E-state index in [0.29, 0.717) is 10.6 Å². The molecule has 0 bridgehead atoms. The van der Waals surface area contributed by atoms with Gasteiger partial charge in [0.05, 0.1) is 12.1 Å². The van der Waals surface area contributed by atoms with Crippen molar-refractivity contribution in [1.82, 2.24) is 20.1 Å². The maximum absolute atomic E-state index is 13.5. The van der Waals surface area contributed by atoms with E-state index in [1.54, 1.807) is 10.6 Å². The van der Waals surface area contributed by atoms with Gasteiger partial charge in [0, 0.05) is 6.04 Å². The van der Waals surface area contributed by atoms with Crippen molar-refractivity contribution in [2.75, 3.05) is 0 Å². The van der Waals surface area contributed by atoms with Crippen molar-refractivity contribution in [2.45, 2.75) is 26.4 Å². The Bertz CT molecular complexity index is 677. The predicted molar refractivity (Wildman–Crippen MR) is 75.4 cm³/mol. The van der Waals surface area contributed by atoms with Crippen LogP contribution in [0.3, 0.4) is 0 Å². The summed E-state index contributed by atoms with van der Waals surface area (Å²) in [4.78, 5) is 11.9. The number of aromatic nitrogens is 3. The molecule has 7 heteroatoms. The van der Waals surface area contributed by atoms with Crippen molar-refractivity contribution in [3.8, 4) is 0 Å². The van der Waals surface area contributed by atoms with E-state index in [9.17, 15) is 9.18 Å². The van der Waals surface area contributed by atoms with E-state index in [1.165, 1.54) is 18.2 Å². The molecule has 1 aromatic heterocycles. The van der Waals surface area contributed by atoms with Crippen molar-refractivity contribution in [3.05, 3.63) is 46.2 Å². The predicted octanol–water partition coefficient (Wildman–Crippen LogP) is 2.59. The van der Waals surface area contributed by atoms with Crippen LogP contribution in [0.1, 0.15) is 36.1 Å². The molecule has 0 fully saturated rings. The fraction of sp³-hybridized carbons (Fsp3) is 0.308. The van der Waals surface area contributed by atoms with Crippen LogP contribution in [0, 0.1) is 10.6 Å². The monoisotopic (exact) mass is 294 g/mol. The van der Waals surface area contributed by atoms with Crippen LogP contribution in [-0.4, -0.2) is 20.7 Å². The lowest BCUT2D eigenvalue weighted by Gasteiger charge is -2.11. The summed E-state index contributed by atoms with van der Waals surface area (Å²) in [5.41, 5.74) is 0.0118. The second-order valence-corrected chi connectivity index (χ2v) is 4.96. The molecule has 0 saturated heterocycles. The van der Waals surface area contributed by atoms with Crippen LogP contribution >= 0.6 is 12.2 Å². The number of nitrogens with zero attached hydrogens (tertiary/aromatic N) is 2. The average Bonchev–Trinajstić information content (AvgIpc) is 2.78. The first-order valence-electron chi connectivity index (χ1n) is 6.19. The highest BCUT2D eigenvalue weighted by Crippen LogP contribution is 2.09. The number of amides is 1. The molecule has 0 aliphatic carbocycles. The van der Waals surface area contributed by atoms with Gasteiger partial charge in [0.1, 0.15) is 5.82 Å². The van der Waals surface area contributed by atoms with Crippen LogP contribution in [0.4, 0.5) is 4.39 Å². The average molecular weight is 294 g/mol. The SMILES string of the molecule is CC(C)n1c(CNC(=O)c2ccccc2F)n[nH]c1=S. The molecule has 20 heavy (non-hydrogen) atoms. The minimum atomic E-state index is -0.548. The fourth-order valence-electron chi connectivity index (χ4n) is 1.89. The smallest absolute Gasteiger partial charge is 0.254 e. The lowest BCUT2D eigenvalue weighted by molar-refractivity contribution is 0.0945. The zero-order valence-electron chi connectivity index (χ0n) is 11.2. The summed E-state index contributed by atoms with van der Waals surface area (Å²) in [5, 5.41) is 9.38. The third-order valence-electron chi connectivity index (χ3n) is 2.82. The molecule has 0 spiro atoms. The number of carbonyl (C=O) groups excluding carboxylic acids is 1. The first-order valence-corrected chi connectivity index (χ1v) is 6.60. The van der Waals surface area contributed by atoms with E-state index in [4.69, 9.17) is 12.2 Å². The molecule has 2 rings (SSSR count). The second-order valence-electron chi connectivity index (χ2n) is 4.57. The standard InChI is InChI=1S/C13H15FN4OS/c1-8(2)18-11(16-17-13(18)20)7-15-12(19)9-5-3-4-6-10(9)14/h3-6,8H,7H2,1-2H3,(H,15,19)(H,17,20). The molecular weight excluding hydrogens is 279 g/mol. The molecule has 0 aliphatic rings. The molecule has 1 amide bonds. The number of halogens is 1. The van der Waals surface area contributed by atoms with Crippen molar-refractivity contribution < 1.29 is 9.18 Å². The number of benzene rings is 1. The molecule has 2 N–H and O–H groups in total. The minimum absolute atomic E-state index is 0.0118. The zero-order chi connectivity index (χ0) is 14.7. The highest BCUT2D eigenvalue weighted by molar-refractivity contribution is 7.71. The maximum atomic E-state index is 13.5. The summed E-state index contributed by atoms with van der Waals surface area (Å²) in [6.07, 6.45) is 0. The molecule has 0 radical (unpaired) electrons. The Morgan fingerprint density at radius 3 is 2.85 bits per heavy atom. The van der Waals surface area contributed by atoms with E-state index in [-0.39, 0.29) is 18.2 Å². The Labute approximate surface area is 120 Å². The lowest BCUT2D eigenvalue weighted by Crippen LogP contribution is -2.26. The number of nitrogens with one attached hydrogen (secondary N) is 2. The molecule has 0 atom stereocenters. The second kappa shape index (κ2) is 5.96. The van der Waals surface area contributed by atoms with Crippen molar-refractivity contribution >= 4 is 18.1 Å². The van der Waals surface area contributed by atoms with Gasteiger partial charge in [0.2, 0.25) is 0 Å². The van der Waals surface area contributed by atoms with Gasteiger partial charge in [-0.05, 0) is 38.2 Å². The number of aromatic amines is 1. The Hall–Kier alpha value is -2.02. The van der Waals surface area contributed by atoms with E-state index >= 15 is 0 Å². The van der Waals surface area contributed by atoms with E-state index in [1.807, 2.05) is 13.8 Å². The lowest BCUT2D eigenvalue weighted by atomic mass is 10.2. The first kappa shape index (κ1) is 14.4. The van der Waals surface area contributed by atoms with Crippen LogP contribution in [0.2, 0.25) is 0 Å². The minimum Gasteiger partial charge on any atom is -0.345 e. The summed E-state index contributed by atoms with van der Waals surface area (Å²) < 4.78 is 15.8. The largest absolute Gasteiger partial charge is 0.345 e. The van der Waals surface area contributed by atoms with Gasteiger partial charge in [-0.15, -0.1) is 0 Å². The molecule has 0 unspecified atom stereocenters. The number of rotatable bonds is 4. The number of hydrogen-bond donors (Lipinski definition) is 2. The van der Waals surface area contributed by atoms with Crippen molar-refractivity contribution in [1.29, 1.82) is 0 Å². The summed E-state index contributed by atoms with van der Waals surface area (Å²) in [7, 11) is 0. The maximum Gasteiger partial charge on any atom is 0.254 e. The molecule has 2 aromatic rings. The highest BCUT2D eigenvalue weighted by atomic mass is 32.1. The quantitative estimate of drug-likeness (QED) is 0.852. The number of hydrogen-bond acceptors (Lipinski definition) is 3. The van der Waals surface area contributed by atoms with Crippen LogP contribution in [0.5, 0.6) is 0 Å². The third kappa shape index (κ3) is 2.93. The van der Waals surface area contributed by atoms with Gasteiger partial charge < -0.3 is 9.88 Å². The van der Waals surface area contributed by atoms with Gasteiger partial charge in [-0.1, -0.05) is 12.1 Å². The first-order chi connectivity index (χ1) is 9.50. The topological polar surface area (TPSA) is 62.7 Å². The van der Waals surface area contributed by atoms with Gasteiger partial charge in [0.15, 0.2) is 10.6 Å². The van der Waals surface area contributed by atoms with E-state index in [0.717, 1.165) is 0 Å². The van der Waals surface area contributed by atoms with Gasteiger partial charge in [-0.3, -0.25) is 9.89 Å². The molecule has 0 aliphatic heterocycles. The highest BCUT2D eigenvalue weighted by Gasteiger charge is 2.13. The van der Waals surface area contributed by atoms with Gasteiger partial charge in [0.25, 0.3) is 5.91 Å². The number of H-pyrrole nitrogens is 1.